The summed E-state index contributed by atoms with van der Waals surface area (Å²) < 4.78 is 10.2. The van der Waals surface area contributed by atoms with Crippen LogP contribution in [0.25, 0.3) is 0 Å². The Hall–Kier alpha value is -2.04. The maximum absolute atomic E-state index is 12.7. The second-order valence-corrected chi connectivity index (χ2v) is 5.17. The zero-order valence-corrected chi connectivity index (χ0v) is 12.7. The van der Waals surface area contributed by atoms with Crippen molar-refractivity contribution in [3.05, 3.63) is 29.3 Å². The van der Waals surface area contributed by atoms with Gasteiger partial charge in [-0.2, -0.15) is 0 Å². The van der Waals surface area contributed by atoms with Gasteiger partial charge in [-0.1, -0.05) is 11.6 Å². The molecule has 0 N–H and O–H groups in total. The summed E-state index contributed by atoms with van der Waals surface area (Å²) in [5, 5.41) is 0. The van der Waals surface area contributed by atoms with Gasteiger partial charge in [-0.25, -0.2) is 0 Å². The highest BCUT2D eigenvalue weighted by atomic mass is 16.5. The van der Waals surface area contributed by atoms with Crippen LogP contribution in [0.4, 0.5) is 0 Å². The summed E-state index contributed by atoms with van der Waals surface area (Å²) in [6.07, 6.45) is 1.86. The molecule has 5 heteroatoms. The SMILES string of the molecule is CCOC(=O)CN(C(=O)c1cc(C)ccc1OC)C1CC1. The molecule has 0 aromatic heterocycles. The molecule has 1 fully saturated rings. The van der Waals surface area contributed by atoms with E-state index < -0.39 is 0 Å². The number of rotatable bonds is 6. The third kappa shape index (κ3) is 3.74. The number of aryl methyl sites for hydroxylation is 1. The molecule has 0 aliphatic heterocycles. The molecule has 1 aliphatic rings. The van der Waals surface area contributed by atoms with Crippen molar-refractivity contribution in [3.8, 4) is 5.75 Å². The van der Waals surface area contributed by atoms with Crippen LogP contribution in [-0.2, 0) is 9.53 Å². The van der Waals surface area contributed by atoms with Gasteiger partial charge in [0.05, 0.1) is 19.3 Å². The average molecular weight is 291 g/mol. The quantitative estimate of drug-likeness (QED) is 0.754. The van der Waals surface area contributed by atoms with Crippen LogP contribution in [0.15, 0.2) is 18.2 Å². The molecule has 0 saturated heterocycles. The minimum Gasteiger partial charge on any atom is -0.496 e. The van der Waals surface area contributed by atoms with Crippen molar-refractivity contribution in [1.82, 2.24) is 4.90 Å². The highest BCUT2D eigenvalue weighted by Crippen LogP contribution is 2.30. The lowest BCUT2D eigenvalue weighted by Crippen LogP contribution is -2.38. The van der Waals surface area contributed by atoms with Crippen molar-refractivity contribution in [2.75, 3.05) is 20.3 Å². The Labute approximate surface area is 124 Å². The number of nitrogens with zero attached hydrogens (tertiary/aromatic N) is 1. The monoisotopic (exact) mass is 291 g/mol. The van der Waals surface area contributed by atoms with Crippen molar-refractivity contribution in [3.63, 3.8) is 0 Å². The molecule has 1 amide bonds. The molecule has 21 heavy (non-hydrogen) atoms. The fraction of sp³-hybridized carbons (Fsp3) is 0.500. The molecule has 1 aromatic rings. The molecule has 2 rings (SSSR count). The molecule has 0 atom stereocenters. The molecule has 114 valence electrons. The third-order valence-electron chi connectivity index (χ3n) is 3.44. The Morgan fingerprint density at radius 1 is 1.33 bits per heavy atom. The molecule has 1 aliphatic carbocycles. The van der Waals surface area contributed by atoms with Gasteiger partial charge in [0.1, 0.15) is 12.3 Å². The molecule has 1 aromatic carbocycles. The zero-order chi connectivity index (χ0) is 15.4. The second kappa shape index (κ2) is 6.61. The fourth-order valence-corrected chi connectivity index (χ4v) is 2.24. The molecule has 0 radical (unpaired) electrons. The van der Waals surface area contributed by atoms with Gasteiger partial charge in [-0.3, -0.25) is 9.59 Å². The van der Waals surface area contributed by atoms with E-state index in [1.165, 1.54) is 7.11 Å². The van der Waals surface area contributed by atoms with E-state index in [2.05, 4.69) is 0 Å². The summed E-state index contributed by atoms with van der Waals surface area (Å²) in [7, 11) is 1.54. The second-order valence-electron chi connectivity index (χ2n) is 5.17. The molecular formula is C16H21NO4. The fourth-order valence-electron chi connectivity index (χ4n) is 2.24. The van der Waals surface area contributed by atoms with Crippen molar-refractivity contribution in [1.29, 1.82) is 0 Å². The minimum absolute atomic E-state index is 0.00552. The number of benzene rings is 1. The molecular weight excluding hydrogens is 270 g/mol. The van der Waals surface area contributed by atoms with Gasteiger partial charge >= 0.3 is 5.97 Å². The van der Waals surface area contributed by atoms with E-state index in [1.807, 2.05) is 13.0 Å². The van der Waals surface area contributed by atoms with Gasteiger partial charge in [-0.15, -0.1) is 0 Å². The first-order chi connectivity index (χ1) is 10.1. The summed E-state index contributed by atoms with van der Waals surface area (Å²) in [4.78, 5) is 26.0. The number of amides is 1. The van der Waals surface area contributed by atoms with Gasteiger partial charge in [0, 0.05) is 6.04 Å². The smallest absolute Gasteiger partial charge is 0.325 e. The van der Waals surface area contributed by atoms with E-state index in [9.17, 15) is 9.59 Å². The first-order valence-electron chi connectivity index (χ1n) is 7.18. The van der Waals surface area contributed by atoms with E-state index in [1.54, 1.807) is 24.0 Å². The predicted octanol–water partition coefficient (Wildman–Crippen LogP) is 2.17. The molecule has 1 saturated carbocycles. The Bertz CT molecular complexity index is 537. The topological polar surface area (TPSA) is 55.8 Å². The first kappa shape index (κ1) is 15.4. The summed E-state index contributed by atoms with van der Waals surface area (Å²) in [6.45, 7) is 3.99. The number of ether oxygens (including phenoxy) is 2. The van der Waals surface area contributed by atoms with Crippen LogP contribution in [-0.4, -0.2) is 43.1 Å². The van der Waals surface area contributed by atoms with Gasteiger partial charge in [0.2, 0.25) is 0 Å². The summed E-state index contributed by atoms with van der Waals surface area (Å²) in [6, 6.07) is 5.59. The lowest BCUT2D eigenvalue weighted by molar-refractivity contribution is -0.144. The van der Waals surface area contributed by atoms with Crippen LogP contribution in [0.2, 0.25) is 0 Å². The van der Waals surface area contributed by atoms with Crippen LogP contribution in [0.5, 0.6) is 5.75 Å². The number of carbonyl (C=O) groups excluding carboxylic acids is 2. The van der Waals surface area contributed by atoms with E-state index in [-0.39, 0.29) is 24.5 Å². The number of carbonyl (C=O) groups is 2. The highest BCUT2D eigenvalue weighted by Gasteiger charge is 2.35. The Balaban J connectivity index is 2.22. The molecule has 0 bridgehead atoms. The molecule has 0 heterocycles. The van der Waals surface area contributed by atoms with E-state index in [0.29, 0.717) is 17.9 Å². The van der Waals surface area contributed by atoms with Crippen LogP contribution in [0, 0.1) is 6.92 Å². The normalized spacial score (nSPS) is 13.7. The lowest BCUT2D eigenvalue weighted by Gasteiger charge is -2.22. The number of hydrogen-bond donors (Lipinski definition) is 0. The van der Waals surface area contributed by atoms with Crippen molar-refractivity contribution in [2.45, 2.75) is 32.7 Å². The molecule has 0 unspecified atom stereocenters. The van der Waals surface area contributed by atoms with Crippen LogP contribution < -0.4 is 4.74 Å². The molecule has 5 nitrogen and oxygen atoms in total. The summed E-state index contributed by atoms with van der Waals surface area (Å²) >= 11 is 0. The van der Waals surface area contributed by atoms with Crippen molar-refractivity contribution in [2.24, 2.45) is 0 Å². The molecule has 0 spiro atoms. The lowest BCUT2D eigenvalue weighted by atomic mass is 10.1. The summed E-state index contributed by atoms with van der Waals surface area (Å²) in [5.74, 6) is -0.0180. The standard InChI is InChI=1S/C16H21NO4/c1-4-21-15(18)10-17(12-6-7-12)16(19)13-9-11(2)5-8-14(13)20-3/h5,8-9,12H,4,6-7,10H2,1-3H3. The number of methoxy groups -OCH3 is 1. The van der Waals surface area contributed by atoms with Gasteiger partial charge in [0.25, 0.3) is 5.91 Å². The predicted molar refractivity (Wildman–Crippen MR) is 78.4 cm³/mol. The largest absolute Gasteiger partial charge is 0.496 e. The van der Waals surface area contributed by atoms with Crippen LogP contribution >= 0.6 is 0 Å². The van der Waals surface area contributed by atoms with Gasteiger partial charge in [0.15, 0.2) is 0 Å². The Morgan fingerprint density at radius 3 is 2.62 bits per heavy atom. The maximum Gasteiger partial charge on any atom is 0.325 e. The number of hydrogen-bond acceptors (Lipinski definition) is 4. The number of esters is 1. The Morgan fingerprint density at radius 2 is 2.05 bits per heavy atom. The van der Waals surface area contributed by atoms with Gasteiger partial charge < -0.3 is 14.4 Å². The highest BCUT2D eigenvalue weighted by molar-refractivity contribution is 5.99. The summed E-state index contributed by atoms with van der Waals surface area (Å²) in [5.41, 5.74) is 1.47. The third-order valence-corrected chi connectivity index (χ3v) is 3.44. The van der Waals surface area contributed by atoms with Gasteiger partial charge in [-0.05, 0) is 38.8 Å². The van der Waals surface area contributed by atoms with Crippen molar-refractivity contribution >= 4 is 11.9 Å². The van der Waals surface area contributed by atoms with E-state index in [4.69, 9.17) is 9.47 Å². The zero-order valence-electron chi connectivity index (χ0n) is 12.7. The first-order valence-corrected chi connectivity index (χ1v) is 7.18. The van der Waals surface area contributed by atoms with Crippen LogP contribution in [0.1, 0.15) is 35.7 Å². The van der Waals surface area contributed by atoms with E-state index in [0.717, 1.165) is 18.4 Å². The Kier molecular flexibility index (Phi) is 4.83. The average Bonchev–Trinajstić information content (AvgIpc) is 3.29. The van der Waals surface area contributed by atoms with E-state index >= 15 is 0 Å². The van der Waals surface area contributed by atoms with Crippen molar-refractivity contribution < 1.29 is 19.1 Å². The minimum atomic E-state index is -0.371. The maximum atomic E-state index is 12.7. The van der Waals surface area contributed by atoms with Crippen LogP contribution in [0.3, 0.4) is 0 Å².